The van der Waals surface area contributed by atoms with Crippen molar-refractivity contribution in [3.05, 3.63) is 0 Å². The van der Waals surface area contributed by atoms with Crippen molar-refractivity contribution in [2.24, 2.45) is 17.8 Å². The molecule has 0 aromatic heterocycles. The smallest absolute Gasteiger partial charge is 0.237 e. The third-order valence-corrected chi connectivity index (χ3v) is 9.00. The van der Waals surface area contributed by atoms with E-state index in [1.807, 2.05) is 0 Å². The number of fused-ring (bicyclic) bond motifs is 2. The third-order valence-electron chi connectivity index (χ3n) is 9.00. The first-order chi connectivity index (χ1) is 14.4. The van der Waals surface area contributed by atoms with Gasteiger partial charge in [-0.3, -0.25) is 9.69 Å². The number of rotatable bonds is 3. The van der Waals surface area contributed by atoms with Crippen molar-refractivity contribution in [2.75, 3.05) is 26.7 Å². The molecule has 5 aliphatic rings. The highest BCUT2D eigenvalue weighted by Gasteiger charge is 2.47. The van der Waals surface area contributed by atoms with Gasteiger partial charge in [-0.1, -0.05) is 6.92 Å². The molecule has 0 bridgehead atoms. The van der Waals surface area contributed by atoms with Gasteiger partial charge in [0.05, 0.1) is 6.04 Å². The van der Waals surface area contributed by atoms with Crippen molar-refractivity contribution in [1.82, 2.24) is 20.4 Å². The second-order valence-corrected chi connectivity index (χ2v) is 10.9. The number of alkyl halides is 2. The highest BCUT2D eigenvalue weighted by molar-refractivity contribution is 5.82. The number of nitrogens with one attached hydrogen (secondary N) is 2. The number of halogens is 2. The molecule has 30 heavy (non-hydrogen) atoms. The Hall–Kier alpha value is -0.790. The quantitative estimate of drug-likeness (QED) is 0.729. The minimum absolute atomic E-state index is 0.0559. The van der Waals surface area contributed by atoms with Crippen molar-refractivity contribution < 1.29 is 13.6 Å². The summed E-state index contributed by atoms with van der Waals surface area (Å²) in [6.45, 7) is 5.42. The van der Waals surface area contributed by atoms with Crippen LogP contribution >= 0.6 is 0 Å². The summed E-state index contributed by atoms with van der Waals surface area (Å²) < 4.78 is 29.0. The summed E-state index contributed by atoms with van der Waals surface area (Å²) in [5.41, 5.74) is 0. The van der Waals surface area contributed by atoms with Gasteiger partial charge in [0.25, 0.3) is 0 Å². The standard InChI is InChI=1S/C23H38F2N4O/c1-13-3-4-19(25)18-10-20(27-22(13)18)23(30)26-16-7-15(24)8-17(9-16)29-11-14-5-6-28(2)21(14)12-29/h13-22,27H,3-12H2,1-2H3,(H,26,30)/t13?,14-,15?,16?,17?,18?,19?,20?,21+,22?/m0/s1. The van der Waals surface area contributed by atoms with E-state index in [1.54, 1.807) is 0 Å². The van der Waals surface area contributed by atoms with Gasteiger partial charge in [0.15, 0.2) is 0 Å². The molecule has 0 spiro atoms. The van der Waals surface area contributed by atoms with Gasteiger partial charge in [-0.05, 0) is 70.4 Å². The number of amides is 1. The molecule has 3 aliphatic heterocycles. The fourth-order valence-electron chi connectivity index (χ4n) is 7.24. The second kappa shape index (κ2) is 8.28. The van der Waals surface area contributed by atoms with Crippen LogP contribution in [0, 0.1) is 17.8 Å². The summed E-state index contributed by atoms with van der Waals surface area (Å²) in [6, 6.07) is 0.468. The normalized spacial score (nSPS) is 49.7. The lowest BCUT2D eigenvalue weighted by atomic mass is 9.77. The molecular weight excluding hydrogens is 386 g/mol. The van der Waals surface area contributed by atoms with Crippen molar-refractivity contribution >= 4 is 5.91 Å². The lowest BCUT2D eigenvalue weighted by Gasteiger charge is -2.38. The van der Waals surface area contributed by atoms with Crippen molar-refractivity contribution in [2.45, 2.75) is 94.4 Å². The summed E-state index contributed by atoms with van der Waals surface area (Å²) in [4.78, 5) is 17.9. The first kappa shape index (κ1) is 21.1. The number of likely N-dealkylation sites (N-methyl/N-ethyl adjacent to an activating group) is 1. The highest BCUT2D eigenvalue weighted by atomic mass is 19.1. The Bertz CT molecular complexity index is 633. The van der Waals surface area contributed by atoms with Crippen molar-refractivity contribution in [3.63, 3.8) is 0 Å². The zero-order valence-electron chi connectivity index (χ0n) is 18.4. The van der Waals surface area contributed by atoms with E-state index in [-0.39, 0.29) is 36.0 Å². The molecule has 0 radical (unpaired) electrons. The van der Waals surface area contributed by atoms with E-state index in [2.05, 4.69) is 34.4 Å². The molecule has 3 saturated heterocycles. The molecule has 170 valence electrons. The minimum Gasteiger partial charge on any atom is -0.352 e. The Balaban J connectivity index is 1.17. The summed E-state index contributed by atoms with van der Waals surface area (Å²) in [7, 11) is 2.20. The molecule has 2 saturated carbocycles. The maximum absolute atomic E-state index is 14.6. The summed E-state index contributed by atoms with van der Waals surface area (Å²) in [5.74, 6) is 1.00. The van der Waals surface area contributed by atoms with Crippen LogP contribution in [0.25, 0.3) is 0 Å². The Labute approximate surface area is 179 Å². The van der Waals surface area contributed by atoms with E-state index >= 15 is 0 Å². The fraction of sp³-hybridized carbons (Fsp3) is 0.957. The van der Waals surface area contributed by atoms with E-state index in [9.17, 15) is 13.6 Å². The number of hydrogen-bond donors (Lipinski definition) is 2. The van der Waals surface area contributed by atoms with Gasteiger partial charge in [0, 0.05) is 43.2 Å². The first-order valence-corrected chi connectivity index (χ1v) is 12.2. The molecule has 0 aromatic rings. The summed E-state index contributed by atoms with van der Waals surface area (Å²) >= 11 is 0. The number of likely N-dealkylation sites (tertiary alicyclic amines) is 2. The van der Waals surface area contributed by atoms with Gasteiger partial charge < -0.3 is 15.5 Å². The van der Waals surface area contributed by atoms with E-state index in [1.165, 1.54) is 13.0 Å². The maximum Gasteiger partial charge on any atom is 0.237 e. The second-order valence-electron chi connectivity index (χ2n) is 10.9. The average Bonchev–Trinajstić information content (AvgIpc) is 3.41. The molecule has 2 aliphatic carbocycles. The van der Waals surface area contributed by atoms with Gasteiger partial charge in [-0.2, -0.15) is 0 Å². The minimum atomic E-state index is -0.860. The average molecular weight is 425 g/mol. The lowest BCUT2D eigenvalue weighted by molar-refractivity contribution is -0.124. The molecule has 3 heterocycles. The monoisotopic (exact) mass is 424 g/mol. The number of carbonyl (C=O) groups excluding carboxylic acids is 1. The van der Waals surface area contributed by atoms with E-state index in [0.717, 1.165) is 25.9 Å². The largest absolute Gasteiger partial charge is 0.352 e. The van der Waals surface area contributed by atoms with Crippen LogP contribution in [0.5, 0.6) is 0 Å². The van der Waals surface area contributed by atoms with E-state index in [4.69, 9.17) is 0 Å². The van der Waals surface area contributed by atoms with Crippen LogP contribution in [0.2, 0.25) is 0 Å². The molecule has 5 rings (SSSR count). The van der Waals surface area contributed by atoms with E-state index < -0.39 is 12.3 Å². The van der Waals surface area contributed by atoms with Gasteiger partial charge in [0.2, 0.25) is 5.91 Å². The van der Waals surface area contributed by atoms with Crippen LogP contribution in [-0.4, -0.2) is 84.9 Å². The van der Waals surface area contributed by atoms with Crippen LogP contribution in [0.15, 0.2) is 0 Å². The first-order valence-electron chi connectivity index (χ1n) is 12.2. The molecule has 0 aromatic carbocycles. The Morgan fingerprint density at radius 1 is 1.07 bits per heavy atom. The number of hydrogen-bond acceptors (Lipinski definition) is 4. The Morgan fingerprint density at radius 2 is 1.90 bits per heavy atom. The third kappa shape index (κ3) is 3.90. The molecule has 2 N–H and O–H groups in total. The summed E-state index contributed by atoms with van der Waals surface area (Å²) in [6.07, 6.45) is 3.46. The fourth-order valence-corrected chi connectivity index (χ4v) is 7.24. The van der Waals surface area contributed by atoms with Gasteiger partial charge in [-0.15, -0.1) is 0 Å². The van der Waals surface area contributed by atoms with Gasteiger partial charge in [0.1, 0.15) is 12.3 Å². The van der Waals surface area contributed by atoms with Gasteiger partial charge >= 0.3 is 0 Å². The predicted octanol–water partition coefficient (Wildman–Crippen LogP) is 2.11. The van der Waals surface area contributed by atoms with Crippen LogP contribution in [-0.2, 0) is 4.79 Å². The number of nitrogens with zero attached hydrogens (tertiary/aromatic N) is 2. The lowest BCUT2D eigenvalue weighted by Crippen LogP contribution is -2.53. The Morgan fingerprint density at radius 3 is 2.67 bits per heavy atom. The molecule has 5 nitrogen and oxygen atoms in total. The van der Waals surface area contributed by atoms with Crippen molar-refractivity contribution in [1.29, 1.82) is 0 Å². The van der Waals surface area contributed by atoms with Gasteiger partial charge in [-0.25, -0.2) is 8.78 Å². The van der Waals surface area contributed by atoms with Crippen LogP contribution in [0.4, 0.5) is 8.78 Å². The summed E-state index contributed by atoms with van der Waals surface area (Å²) in [5, 5.41) is 6.55. The van der Waals surface area contributed by atoms with Crippen LogP contribution in [0.3, 0.4) is 0 Å². The highest BCUT2D eigenvalue weighted by Crippen LogP contribution is 2.39. The van der Waals surface area contributed by atoms with Crippen molar-refractivity contribution in [3.8, 4) is 0 Å². The molecular formula is C23H38F2N4O. The Kier molecular flexibility index (Phi) is 5.82. The SMILES string of the molecule is CC1CCC(F)C2CC(C(=O)NC3CC(F)CC(N4C[C@@H]5CCN(C)[C@@H]5C4)C3)NC12. The zero-order chi connectivity index (χ0) is 21.0. The zero-order valence-corrected chi connectivity index (χ0v) is 18.4. The maximum atomic E-state index is 14.6. The number of carbonyl (C=O) groups is 1. The molecule has 7 heteroatoms. The van der Waals surface area contributed by atoms with Crippen LogP contribution < -0.4 is 10.6 Å². The molecule has 10 atom stereocenters. The molecule has 5 fully saturated rings. The van der Waals surface area contributed by atoms with Crippen LogP contribution in [0.1, 0.15) is 51.9 Å². The molecule has 1 amide bonds. The van der Waals surface area contributed by atoms with E-state index in [0.29, 0.717) is 43.6 Å². The predicted molar refractivity (Wildman–Crippen MR) is 113 cm³/mol. The topological polar surface area (TPSA) is 47.6 Å². The molecule has 8 unspecified atom stereocenters.